The Labute approximate surface area is 126 Å². The fourth-order valence-corrected chi connectivity index (χ4v) is 3.21. The molecule has 1 aliphatic heterocycles. The summed E-state index contributed by atoms with van der Waals surface area (Å²) < 4.78 is 0. The minimum absolute atomic E-state index is 0.178. The summed E-state index contributed by atoms with van der Waals surface area (Å²) in [4.78, 5) is 21.5. The second kappa shape index (κ2) is 6.79. The number of ketones is 1. The molecule has 0 amide bonds. The molecule has 0 aromatic carbocycles. The first-order valence-corrected chi connectivity index (χ1v) is 8.09. The highest BCUT2D eigenvalue weighted by atomic mass is 16.1. The Kier molecular flexibility index (Phi) is 4.59. The van der Waals surface area contributed by atoms with Gasteiger partial charge >= 0.3 is 0 Å². The van der Waals surface area contributed by atoms with Crippen LogP contribution in [-0.4, -0.2) is 17.0 Å². The van der Waals surface area contributed by atoms with E-state index < -0.39 is 0 Å². The Morgan fingerprint density at radius 1 is 0.952 bits per heavy atom. The lowest BCUT2D eigenvalue weighted by atomic mass is 9.92. The van der Waals surface area contributed by atoms with Crippen molar-refractivity contribution in [1.29, 1.82) is 0 Å². The predicted octanol–water partition coefficient (Wildman–Crippen LogP) is 4.12. The van der Waals surface area contributed by atoms with Crippen molar-refractivity contribution in [2.75, 3.05) is 0 Å². The van der Waals surface area contributed by atoms with Crippen molar-refractivity contribution in [2.45, 2.75) is 57.8 Å². The maximum atomic E-state index is 12.4. The van der Waals surface area contributed by atoms with Gasteiger partial charge in [-0.15, -0.1) is 0 Å². The lowest BCUT2D eigenvalue weighted by Crippen LogP contribution is -2.13. The van der Waals surface area contributed by atoms with Crippen molar-refractivity contribution in [2.24, 2.45) is 4.99 Å². The predicted molar refractivity (Wildman–Crippen MR) is 85.3 cm³/mol. The van der Waals surface area contributed by atoms with Gasteiger partial charge in [-0.2, -0.15) is 0 Å². The molecule has 2 aliphatic rings. The van der Waals surface area contributed by atoms with Crippen LogP contribution in [0, 0.1) is 0 Å². The van der Waals surface area contributed by atoms with E-state index in [0.29, 0.717) is 6.42 Å². The van der Waals surface area contributed by atoms with Crippen LogP contribution in [0.3, 0.4) is 0 Å². The van der Waals surface area contributed by atoms with Gasteiger partial charge in [0.15, 0.2) is 5.78 Å². The standard InChI is InChI=1S/C18H22N2O/c21-16-11-13-19-15-10-6-4-2-1-3-5-8-14-9-7-12-20-18(14)17(15)16/h7,9,12-13H,1-6,8,10-11H2. The molecule has 1 aliphatic carbocycles. The molecule has 0 fully saturated rings. The monoisotopic (exact) mass is 282 g/mol. The average molecular weight is 282 g/mol. The van der Waals surface area contributed by atoms with Crippen LogP contribution < -0.4 is 0 Å². The number of pyridine rings is 1. The van der Waals surface area contributed by atoms with Gasteiger partial charge in [0, 0.05) is 18.8 Å². The Morgan fingerprint density at radius 3 is 2.57 bits per heavy atom. The molecule has 0 radical (unpaired) electrons. The van der Waals surface area contributed by atoms with E-state index in [1.807, 2.05) is 6.07 Å². The average Bonchev–Trinajstić information content (AvgIpc) is 2.49. The molecule has 0 N–H and O–H groups in total. The van der Waals surface area contributed by atoms with Gasteiger partial charge in [0.1, 0.15) is 0 Å². The molecule has 3 nitrogen and oxygen atoms in total. The third kappa shape index (κ3) is 3.29. The number of hydrogen-bond acceptors (Lipinski definition) is 3. The fraction of sp³-hybridized carbons (Fsp3) is 0.500. The van der Waals surface area contributed by atoms with Crippen LogP contribution in [0.25, 0.3) is 5.57 Å². The van der Waals surface area contributed by atoms with E-state index in [4.69, 9.17) is 0 Å². The van der Waals surface area contributed by atoms with Gasteiger partial charge in [-0.25, -0.2) is 0 Å². The normalized spacial score (nSPS) is 20.3. The topological polar surface area (TPSA) is 42.3 Å². The van der Waals surface area contributed by atoms with Crippen LogP contribution in [0.5, 0.6) is 0 Å². The summed E-state index contributed by atoms with van der Waals surface area (Å²) in [5, 5.41) is 0. The van der Waals surface area contributed by atoms with Gasteiger partial charge in [0.25, 0.3) is 0 Å². The lowest BCUT2D eigenvalue weighted by Gasteiger charge is -2.17. The van der Waals surface area contributed by atoms with Gasteiger partial charge in [-0.3, -0.25) is 14.8 Å². The molecule has 0 saturated carbocycles. The van der Waals surface area contributed by atoms with E-state index in [-0.39, 0.29) is 5.78 Å². The molecule has 3 heteroatoms. The number of aryl methyl sites for hydroxylation is 1. The second-order valence-corrected chi connectivity index (χ2v) is 5.89. The van der Waals surface area contributed by atoms with Crippen molar-refractivity contribution in [3.05, 3.63) is 35.3 Å². The zero-order valence-electron chi connectivity index (χ0n) is 12.5. The zero-order valence-corrected chi connectivity index (χ0v) is 12.5. The van der Waals surface area contributed by atoms with Crippen molar-refractivity contribution >= 4 is 17.6 Å². The minimum atomic E-state index is 0.178. The highest BCUT2D eigenvalue weighted by Gasteiger charge is 2.23. The molecule has 21 heavy (non-hydrogen) atoms. The molecular formula is C18H22N2O. The van der Waals surface area contributed by atoms with E-state index in [9.17, 15) is 4.79 Å². The summed E-state index contributed by atoms with van der Waals surface area (Å²) in [6.45, 7) is 0. The van der Waals surface area contributed by atoms with Crippen molar-refractivity contribution < 1.29 is 4.79 Å². The van der Waals surface area contributed by atoms with E-state index in [1.54, 1.807) is 12.4 Å². The zero-order chi connectivity index (χ0) is 14.5. The molecule has 2 heterocycles. The van der Waals surface area contributed by atoms with Crippen LogP contribution in [0.1, 0.15) is 62.6 Å². The third-order valence-electron chi connectivity index (χ3n) is 4.33. The van der Waals surface area contributed by atoms with Crippen LogP contribution in [0.15, 0.2) is 29.0 Å². The SMILES string of the molecule is O=C1CC=NC2=C1c1ncccc1CCCCCCCC2. The van der Waals surface area contributed by atoms with E-state index in [0.717, 1.165) is 36.2 Å². The quantitative estimate of drug-likeness (QED) is 0.718. The van der Waals surface area contributed by atoms with Crippen LogP contribution >= 0.6 is 0 Å². The van der Waals surface area contributed by atoms with Gasteiger partial charge in [-0.1, -0.05) is 31.7 Å². The van der Waals surface area contributed by atoms with Gasteiger partial charge < -0.3 is 0 Å². The molecular weight excluding hydrogens is 260 g/mol. The molecule has 0 atom stereocenters. The molecule has 0 bridgehead atoms. The highest BCUT2D eigenvalue weighted by Crippen LogP contribution is 2.30. The second-order valence-electron chi connectivity index (χ2n) is 5.89. The summed E-state index contributed by atoms with van der Waals surface area (Å²) in [5.74, 6) is 0.178. The summed E-state index contributed by atoms with van der Waals surface area (Å²) in [5.41, 5.74) is 3.83. The number of aromatic nitrogens is 1. The van der Waals surface area contributed by atoms with E-state index >= 15 is 0 Å². The molecule has 3 rings (SSSR count). The Hall–Kier alpha value is -1.77. The van der Waals surface area contributed by atoms with Crippen LogP contribution in [-0.2, 0) is 11.2 Å². The van der Waals surface area contributed by atoms with Gasteiger partial charge in [-0.05, 0) is 37.3 Å². The number of nitrogens with zero attached hydrogens (tertiary/aromatic N) is 2. The Morgan fingerprint density at radius 2 is 1.71 bits per heavy atom. The largest absolute Gasteiger partial charge is 0.294 e. The van der Waals surface area contributed by atoms with Crippen LogP contribution in [0.4, 0.5) is 0 Å². The number of hydrogen-bond donors (Lipinski definition) is 0. The highest BCUT2D eigenvalue weighted by molar-refractivity contribution is 6.26. The molecule has 0 spiro atoms. The lowest BCUT2D eigenvalue weighted by molar-refractivity contribution is -0.112. The first-order chi connectivity index (χ1) is 10.4. The maximum absolute atomic E-state index is 12.4. The Balaban J connectivity index is 2.04. The summed E-state index contributed by atoms with van der Waals surface area (Å²) in [6.07, 6.45) is 13.3. The molecule has 1 aromatic rings. The molecule has 1 aromatic heterocycles. The number of aliphatic imine (C=N–C) groups is 1. The van der Waals surface area contributed by atoms with Gasteiger partial charge in [0.05, 0.1) is 17.0 Å². The number of carbonyl (C=O) groups is 1. The van der Waals surface area contributed by atoms with Crippen molar-refractivity contribution in [3.63, 3.8) is 0 Å². The van der Waals surface area contributed by atoms with E-state index in [2.05, 4.69) is 16.0 Å². The first kappa shape index (κ1) is 14.2. The Bertz CT molecular complexity index is 587. The maximum Gasteiger partial charge on any atom is 0.172 e. The summed E-state index contributed by atoms with van der Waals surface area (Å²) in [7, 11) is 0. The smallest absolute Gasteiger partial charge is 0.172 e. The van der Waals surface area contributed by atoms with Gasteiger partial charge in [0.2, 0.25) is 0 Å². The number of allylic oxidation sites excluding steroid dienone is 2. The number of rotatable bonds is 0. The van der Waals surface area contributed by atoms with Crippen LogP contribution in [0.2, 0.25) is 0 Å². The molecule has 110 valence electrons. The summed E-state index contributed by atoms with van der Waals surface area (Å²) in [6, 6.07) is 4.09. The molecule has 0 unspecified atom stereocenters. The number of carbonyl (C=O) groups excluding carboxylic acids is 1. The molecule has 0 saturated heterocycles. The van der Waals surface area contributed by atoms with Crippen molar-refractivity contribution in [3.8, 4) is 0 Å². The van der Waals surface area contributed by atoms with E-state index in [1.165, 1.54) is 37.7 Å². The third-order valence-corrected chi connectivity index (χ3v) is 4.33. The fourth-order valence-electron chi connectivity index (χ4n) is 3.21. The number of fused-ring (bicyclic) bond motifs is 2. The summed E-state index contributed by atoms with van der Waals surface area (Å²) >= 11 is 0. The minimum Gasteiger partial charge on any atom is -0.294 e. The van der Waals surface area contributed by atoms with Crippen molar-refractivity contribution in [1.82, 2.24) is 4.98 Å². The first-order valence-electron chi connectivity index (χ1n) is 8.09. The number of Topliss-reactive ketones (excluding diaryl/α,β-unsaturated/α-hetero) is 1.